The number of benzene rings is 1. The Hall–Kier alpha value is -2.71. The maximum atomic E-state index is 13.1. The lowest BCUT2D eigenvalue weighted by atomic mass is 10.2. The zero-order valence-electron chi connectivity index (χ0n) is 11.0. The highest BCUT2D eigenvalue weighted by Crippen LogP contribution is 2.34. The quantitative estimate of drug-likeness (QED) is 0.482. The molecule has 2 rings (SSSR count). The third kappa shape index (κ3) is 3.30. The van der Waals surface area contributed by atoms with Crippen molar-refractivity contribution in [2.45, 2.75) is 13.1 Å². The lowest BCUT2D eigenvalue weighted by Crippen LogP contribution is -2.08. The summed E-state index contributed by atoms with van der Waals surface area (Å²) in [6, 6.07) is 4.38. The number of nitrogens with zero attached hydrogens (tertiary/aromatic N) is 2. The van der Waals surface area contributed by atoms with Crippen LogP contribution in [0.5, 0.6) is 11.6 Å². The minimum absolute atomic E-state index is 0.0423. The average Bonchev–Trinajstić information content (AvgIpc) is 2.39. The molecule has 0 bridgehead atoms. The predicted molar refractivity (Wildman–Crippen MR) is 67.1 cm³/mol. The number of ether oxygens (including phenoxy) is 1. The number of alkyl halides is 3. The SMILES string of the molecule is Cc1nc(Oc2ccc(F)c(C(F)(F)F)c2)ccc1[N+](=O)[O-]. The van der Waals surface area contributed by atoms with Crippen molar-refractivity contribution in [3.05, 3.63) is 57.5 Å². The summed E-state index contributed by atoms with van der Waals surface area (Å²) in [5.74, 6) is -1.84. The van der Waals surface area contributed by atoms with Crippen LogP contribution in [-0.4, -0.2) is 9.91 Å². The molecule has 0 fully saturated rings. The third-order valence-corrected chi connectivity index (χ3v) is 2.69. The summed E-state index contributed by atoms with van der Waals surface area (Å²) < 4.78 is 56.0. The zero-order chi connectivity index (χ0) is 16.5. The highest BCUT2D eigenvalue weighted by molar-refractivity contribution is 5.39. The highest BCUT2D eigenvalue weighted by atomic mass is 19.4. The standard InChI is InChI=1S/C13H8F4N2O3/c1-7-11(19(20)21)4-5-12(18-7)22-8-2-3-10(14)9(6-8)13(15,16)17/h2-6H,1H3. The summed E-state index contributed by atoms with van der Waals surface area (Å²) in [5, 5.41) is 10.6. The van der Waals surface area contributed by atoms with Gasteiger partial charge in [0.15, 0.2) is 0 Å². The van der Waals surface area contributed by atoms with Crippen molar-refractivity contribution < 1.29 is 27.2 Å². The van der Waals surface area contributed by atoms with E-state index in [1.165, 1.54) is 6.92 Å². The maximum absolute atomic E-state index is 13.1. The number of rotatable bonds is 3. The Morgan fingerprint density at radius 1 is 1.23 bits per heavy atom. The van der Waals surface area contributed by atoms with Crippen molar-refractivity contribution in [2.24, 2.45) is 0 Å². The number of nitro groups is 1. The van der Waals surface area contributed by atoms with Gasteiger partial charge in [-0.05, 0) is 25.1 Å². The molecule has 0 aliphatic rings. The molecule has 9 heteroatoms. The number of aryl methyl sites for hydroxylation is 1. The zero-order valence-corrected chi connectivity index (χ0v) is 11.0. The molecule has 2 aromatic rings. The lowest BCUT2D eigenvalue weighted by molar-refractivity contribution is -0.385. The molecule has 0 saturated carbocycles. The molecule has 1 aromatic heterocycles. The third-order valence-electron chi connectivity index (χ3n) is 2.69. The molecule has 22 heavy (non-hydrogen) atoms. The van der Waals surface area contributed by atoms with Crippen LogP contribution in [0.15, 0.2) is 30.3 Å². The molecule has 0 aliphatic heterocycles. The number of hydrogen-bond acceptors (Lipinski definition) is 4. The first-order chi connectivity index (χ1) is 10.2. The Bertz CT molecular complexity index is 732. The first-order valence-corrected chi connectivity index (χ1v) is 5.85. The van der Waals surface area contributed by atoms with E-state index >= 15 is 0 Å². The Labute approximate surface area is 121 Å². The molecule has 0 spiro atoms. The van der Waals surface area contributed by atoms with Crippen LogP contribution in [0.1, 0.15) is 11.3 Å². The molecule has 0 unspecified atom stereocenters. The van der Waals surface area contributed by atoms with Gasteiger partial charge in [0.1, 0.15) is 17.3 Å². The van der Waals surface area contributed by atoms with Crippen LogP contribution in [0.3, 0.4) is 0 Å². The summed E-state index contributed by atoms with van der Waals surface area (Å²) >= 11 is 0. The Morgan fingerprint density at radius 3 is 2.45 bits per heavy atom. The van der Waals surface area contributed by atoms with Crippen LogP contribution >= 0.6 is 0 Å². The maximum Gasteiger partial charge on any atom is 0.419 e. The molecule has 0 N–H and O–H groups in total. The van der Waals surface area contributed by atoms with Crippen LogP contribution in [0.25, 0.3) is 0 Å². The van der Waals surface area contributed by atoms with E-state index in [0.717, 1.165) is 18.2 Å². The van der Waals surface area contributed by atoms with Gasteiger partial charge in [-0.25, -0.2) is 9.37 Å². The van der Waals surface area contributed by atoms with Crippen LogP contribution in [0.4, 0.5) is 23.2 Å². The number of hydrogen-bond donors (Lipinski definition) is 0. The van der Waals surface area contributed by atoms with Gasteiger partial charge in [0.25, 0.3) is 5.69 Å². The van der Waals surface area contributed by atoms with Crippen LogP contribution in [0.2, 0.25) is 0 Å². The Kier molecular flexibility index (Phi) is 3.98. The first-order valence-electron chi connectivity index (χ1n) is 5.85. The largest absolute Gasteiger partial charge is 0.439 e. The minimum atomic E-state index is -4.86. The second kappa shape index (κ2) is 5.58. The van der Waals surface area contributed by atoms with Gasteiger partial charge in [-0.3, -0.25) is 10.1 Å². The molecule has 1 heterocycles. The van der Waals surface area contributed by atoms with E-state index in [4.69, 9.17) is 4.74 Å². The number of halogens is 4. The van der Waals surface area contributed by atoms with Gasteiger partial charge in [-0.1, -0.05) is 0 Å². The summed E-state index contributed by atoms with van der Waals surface area (Å²) in [7, 11) is 0. The molecule has 0 atom stereocenters. The van der Waals surface area contributed by atoms with E-state index in [-0.39, 0.29) is 23.0 Å². The Balaban J connectivity index is 2.32. The van der Waals surface area contributed by atoms with Gasteiger partial charge in [0.2, 0.25) is 5.88 Å². The van der Waals surface area contributed by atoms with Crippen molar-refractivity contribution >= 4 is 5.69 Å². The average molecular weight is 316 g/mol. The van der Waals surface area contributed by atoms with Crippen molar-refractivity contribution in [3.8, 4) is 11.6 Å². The minimum Gasteiger partial charge on any atom is -0.439 e. The molecule has 0 radical (unpaired) electrons. The van der Waals surface area contributed by atoms with Gasteiger partial charge >= 0.3 is 6.18 Å². The molecule has 1 aromatic carbocycles. The molecule has 0 amide bonds. The second-order valence-corrected chi connectivity index (χ2v) is 4.25. The number of pyridine rings is 1. The van der Waals surface area contributed by atoms with Gasteiger partial charge in [-0.2, -0.15) is 13.2 Å². The highest BCUT2D eigenvalue weighted by Gasteiger charge is 2.34. The molecule has 0 saturated heterocycles. The summed E-state index contributed by atoms with van der Waals surface area (Å²) in [6.45, 7) is 1.36. The van der Waals surface area contributed by atoms with Crippen LogP contribution < -0.4 is 4.74 Å². The molecular weight excluding hydrogens is 308 g/mol. The fraction of sp³-hybridized carbons (Fsp3) is 0.154. The van der Waals surface area contributed by atoms with Crippen molar-refractivity contribution in [1.29, 1.82) is 0 Å². The fourth-order valence-corrected chi connectivity index (χ4v) is 1.69. The topological polar surface area (TPSA) is 65.3 Å². The van der Waals surface area contributed by atoms with Gasteiger partial charge in [0, 0.05) is 12.1 Å². The number of aromatic nitrogens is 1. The van der Waals surface area contributed by atoms with Crippen molar-refractivity contribution in [1.82, 2.24) is 4.98 Å². The predicted octanol–water partition coefficient (Wildman–Crippen LogP) is 4.25. The van der Waals surface area contributed by atoms with E-state index in [0.29, 0.717) is 12.1 Å². The molecule has 116 valence electrons. The van der Waals surface area contributed by atoms with Gasteiger partial charge in [0.05, 0.1) is 10.5 Å². The normalized spacial score (nSPS) is 11.3. The van der Waals surface area contributed by atoms with E-state index in [1.54, 1.807) is 0 Å². The van der Waals surface area contributed by atoms with Crippen molar-refractivity contribution in [2.75, 3.05) is 0 Å². The fourth-order valence-electron chi connectivity index (χ4n) is 1.69. The summed E-state index contributed by atoms with van der Waals surface area (Å²) in [6.07, 6.45) is -4.86. The molecule has 5 nitrogen and oxygen atoms in total. The van der Waals surface area contributed by atoms with E-state index in [9.17, 15) is 27.7 Å². The summed E-state index contributed by atoms with van der Waals surface area (Å²) in [4.78, 5) is 13.8. The second-order valence-electron chi connectivity index (χ2n) is 4.25. The molecular formula is C13H8F4N2O3. The van der Waals surface area contributed by atoms with Crippen LogP contribution in [0, 0.1) is 22.9 Å². The Morgan fingerprint density at radius 2 is 1.91 bits per heavy atom. The van der Waals surface area contributed by atoms with E-state index < -0.39 is 22.5 Å². The van der Waals surface area contributed by atoms with E-state index in [1.807, 2.05) is 0 Å². The lowest BCUT2D eigenvalue weighted by Gasteiger charge is -2.10. The first kappa shape index (κ1) is 15.7. The van der Waals surface area contributed by atoms with Gasteiger partial charge < -0.3 is 4.74 Å². The summed E-state index contributed by atoms with van der Waals surface area (Å²) in [5.41, 5.74) is -1.67. The van der Waals surface area contributed by atoms with Crippen molar-refractivity contribution in [3.63, 3.8) is 0 Å². The monoisotopic (exact) mass is 316 g/mol. The molecule has 0 aliphatic carbocycles. The van der Waals surface area contributed by atoms with Gasteiger partial charge in [-0.15, -0.1) is 0 Å². The smallest absolute Gasteiger partial charge is 0.419 e. The van der Waals surface area contributed by atoms with Crippen LogP contribution in [-0.2, 0) is 6.18 Å². The van der Waals surface area contributed by atoms with E-state index in [2.05, 4.69) is 4.98 Å².